The summed E-state index contributed by atoms with van der Waals surface area (Å²) in [5.74, 6) is 0. The van der Waals surface area contributed by atoms with Crippen LogP contribution in [0.15, 0.2) is 24.4 Å². The number of nitrogens with zero attached hydrogens (tertiary/aromatic N) is 1. The quantitative estimate of drug-likeness (QED) is 0.901. The predicted molar refractivity (Wildman–Crippen MR) is 70.3 cm³/mol. The fourth-order valence-electron chi connectivity index (χ4n) is 1.40. The Morgan fingerprint density at radius 1 is 1.37 bits per heavy atom. The summed E-state index contributed by atoms with van der Waals surface area (Å²) in [6.07, 6.45) is -3.50. The van der Waals surface area contributed by atoms with Gasteiger partial charge in [0, 0.05) is 11.4 Å². The van der Waals surface area contributed by atoms with E-state index < -0.39 is 11.9 Å². The van der Waals surface area contributed by atoms with Crippen molar-refractivity contribution in [2.75, 3.05) is 11.1 Å². The van der Waals surface area contributed by atoms with Crippen molar-refractivity contribution in [1.82, 2.24) is 4.98 Å². The Morgan fingerprint density at radius 2 is 2.11 bits per heavy atom. The van der Waals surface area contributed by atoms with E-state index in [0.717, 1.165) is 17.1 Å². The Bertz CT molecular complexity index is 583. The zero-order valence-corrected chi connectivity index (χ0v) is 11.0. The van der Waals surface area contributed by atoms with Crippen LogP contribution in [0.5, 0.6) is 0 Å². The van der Waals surface area contributed by atoms with Crippen LogP contribution in [0, 0.1) is 0 Å². The number of nitrogens with one attached hydrogen (secondary N) is 1. The average molecular weight is 308 g/mol. The lowest BCUT2D eigenvalue weighted by atomic mass is 10.2. The van der Waals surface area contributed by atoms with Gasteiger partial charge >= 0.3 is 6.18 Å². The molecule has 0 spiro atoms. The third kappa shape index (κ3) is 3.51. The molecule has 8 heteroatoms. The molecule has 0 bridgehead atoms. The maximum atomic E-state index is 12.5. The van der Waals surface area contributed by atoms with E-state index in [1.807, 2.05) is 0 Å². The van der Waals surface area contributed by atoms with Gasteiger partial charge in [-0.05, 0) is 18.2 Å². The highest BCUT2D eigenvalue weighted by Crippen LogP contribution is 2.31. The van der Waals surface area contributed by atoms with E-state index in [2.05, 4.69) is 10.3 Å². The van der Waals surface area contributed by atoms with E-state index in [4.69, 9.17) is 17.3 Å². The summed E-state index contributed by atoms with van der Waals surface area (Å²) in [5.41, 5.74) is 4.97. The van der Waals surface area contributed by atoms with Gasteiger partial charge in [0.05, 0.1) is 21.9 Å². The Kier molecular flexibility index (Phi) is 3.86. The maximum absolute atomic E-state index is 12.5. The van der Waals surface area contributed by atoms with Crippen LogP contribution in [0.3, 0.4) is 0 Å². The number of anilines is 2. The van der Waals surface area contributed by atoms with Gasteiger partial charge in [-0.2, -0.15) is 13.2 Å². The monoisotopic (exact) mass is 307 g/mol. The number of thiophene rings is 1. The first-order valence-corrected chi connectivity index (χ1v) is 6.36. The topological polar surface area (TPSA) is 50.9 Å². The summed E-state index contributed by atoms with van der Waals surface area (Å²) in [5, 5.41) is 2.84. The lowest BCUT2D eigenvalue weighted by molar-refractivity contribution is -0.141. The van der Waals surface area contributed by atoms with E-state index in [1.54, 1.807) is 12.1 Å². The molecule has 19 heavy (non-hydrogen) atoms. The SMILES string of the molecule is Nc1cnc(C(F)(F)F)cc1NCc1ccc(Cl)s1. The number of nitrogen functional groups attached to an aromatic ring is 1. The van der Waals surface area contributed by atoms with Crippen LogP contribution in [0.4, 0.5) is 24.5 Å². The van der Waals surface area contributed by atoms with Crippen LogP contribution in [-0.2, 0) is 12.7 Å². The first kappa shape index (κ1) is 14.0. The number of hydrogen-bond donors (Lipinski definition) is 2. The number of rotatable bonds is 3. The van der Waals surface area contributed by atoms with Gasteiger partial charge in [0.15, 0.2) is 0 Å². The Labute approximate surface area is 116 Å². The van der Waals surface area contributed by atoms with E-state index in [0.29, 0.717) is 10.9 Å². The second kappa shape index (κ2) is 5.26. The number of hydrogen-bond acceptors (Lipinski definition) is 4. The molecule has 0 aliphatic carbocycles. The highest BCUT2D eigenvalue weighted by atomic mass is 35.5. The molecule has 3 N–H and O–H groups in total. The van der Waals surface area contributed by atoms with Crippen LogP contribution in [0.1, 0.15) is 10.6 Å². The van der Waals surface area contributed by atoms with Gasteiger partial charge < -0.3 is 11.1 Å². The number of alkyl halides is 3. The molecule has 2 heterocycles. The maximum Gasteiger partial charge on any atom is 0.433 e. The number of aromatic nitrogens is 1. The lowest BCUT2D eigenvalue weighted by Gasteiger charge is -2.11. The highest BCUT2D eigenvalue weighted by Gasteiger charge is 2.32. The van der Waals surface area contributed by atoms with Crippen LogP contribution in [0.2, 0.25) is 4.34 Å². The molecule has 0 aromatic carbocycles. The molecule has 0 saturated heterocycles. The third-order valence-electron chi connectivity index (χ3n) is 2.31. The molecule has 0 amide bonds. The minimum Gasteiger partial charge on any atom is -0.396 e. The number of nitrogens with two attached hydrogens (primary N) is 1. The zero-order chi connectivity index (χ0) is 14.0. The molecule has 102 valence electrons. The minimum atomic E-state index is -4.49. The van der Waals surface area contributed by atoms with Crippen LogP contribution in [-0.4, -0.2) is 4.98 Å². The molecular weight excluding hydrogens is 299 g/mol. The molecule has 0 aliphatic heterocycles. The molecule has 2 aromatic heterocycles. The highest BCUT2D eigenvalue weighted by molar-refractivity contribution is 7.16. The summed E-state index contributed by atoms with van der Waals surface area (Å²) in [6, 6.07) is 4.41. The van der Waals surface area contributed by atoms with E-state index >= 15 is 0 Å². The standard InChI is InChI=1S/C11H9ClF3N3S/c12-10-2-1-6(19-10)4-17-8-3-9(11(13,14)15)18-5-7(8)16/h1-3,5H,4,16H2,(H,17,18). The minimum absolute atomic E-state index is 0.163. The fourth-order valence-corrected chi connectivity index (χ4v) is 2.43. The number of halogens is 4. The summed E-state index contributed by atoms with van der Waals surface area (Å²) >= 11 is 7.11. The van der Waals surface area contributed by atoms with Gasteiger partial charge in [0.25, 0.3) is 0 Å². The second-order valence-corrected chi connectivity index (χ2v) is 5.51. The molecular formula is C11H9ClF3N3S. The summed E-state index contributed by atoms with van der Waals surface area (Å²) in [7, 11) is 0. The Morgan fingerprint density at radius 3 is 2.68 bits per heavy atom. The molecule has 0 radical (unpaired) electrons. The Balaban J connectivity index is 2.15. The second-order valence-electron chi connectivity index (χ2n) is 3.71. The third-order valence-corrected chi connectivity index (χ3v) is 3.54. The van der Waals surface area contributed by atoms with E-state index in [1.165, 1.54) is 11.3 Å². The van der Waals surface area contributed by atoms with E-state index in [9.17, 15) is 13.2 Å². The molecule has 0 saturated carbocycles. The van der Waals surface area contributed by atoms with Crippen LogP contribution >= 0.6 is 22.9 Å². The molecule has 0 aliphatic rings. The van der Waals surface area contributed by atoms with Crippen molar-refractivity contribution in [2.45, 2.75) is 12.7 Å². The van der Waals surface area contributed by atoms with Gasteiger partial charge in [-0.25, -0.2) is 4.98 Å². The fraction of sp³-hybridized carbons (Fsp3) is 0.182. The largest absolute Gasteiger partial charge is 0.433 e. The van der Waals surface area contributed by atoms with Crippen molar-refractivity contribution in [1.29, 1.82) is 0 Å². The number of pyridine rings is 1. The van der Waals surface area contributed by atoms with Gasteiger partial charge in [0.1, 0.15) is 5.69 Å². The normalized spacial score (nSPS) is 11.6. The van der Waals surface area contributed by atoms with Crippen molar-refractivity contribution >= 4 is 34.3 Å². The molecule has 0 unspecified atom stereocenters. The first-order valence-electron chi connectivity index (χ1n) is 5.17. The molecule has 3 nitrogen and oxygen atoms in total. The van der Waals surface area contributed by atoms with E-state index in [-0.39, 0.29) is 11.4 Å². The lowest BCUT2D eigenvalue weighted by Crippen LogP contribution is -2.10. The van der Waals surface area contributed by atoms with Crippen molar-refractivity contribution in [2.24, 2.45) is 0 Å². The van der Waals surface area contributed by atoms with Gasteiger partial charge in [-0.3, -0.25) is 0 Å². The smallest absolute Gasteiger partial charge is 0.396 e. The van der Waals surface area contributed by atoms with Gasteiger partial charge in [-0.15, -0.1) is 11.3 Å². The van der Waals surface area contributed by atoms with Crippen LogP contribution in [0.25, 0.3) is 0 Å². The van der Waals surface area contributed by atoms with Crippen molar-refractivity contribution in [3.8, 4) is 0 Å². The van der Waals surface area contributed by atoms with Crippen molar-refractivity contribution < 1.29 is 13.2 Å². The van der Waals surface area contributed by atoms with Gasteiger partial charge in [-0.1, -0.05) is 11.6 Å². The molecule has 0 fully saturated rings. The predicted octanol–water partition coefficient (Wildman–Crippen LogP) is 4.01. The zero-order valence-electron chi connectivity index (χ0n) is 9.46. The molecule has 0 atom stereocenters. The molecule has 2 rings (SSSR count). The first-order chi connectivity index (χ1) is 8.86. The summed E-state index contributed by atoms with van der Waals surface area (Å²) in [4.78, 5) is 4.16. The average Bonchev–Trinajstić information content (AvgIpc) is 2.72. The van der Waals surface area contributed by atoms with Crippen molar-refractivity contribution in [3.05, 3.63) is 39.3 Å². The summed E-state index contributed by atoms with van der Waals surface area (Å²) in [6.45, 7) is 0.350. The Hall–Kier alpha value is -1.47. The molecule has 2 aromatic rings. The summed E-state index contributed by atoms with van der Waals surface area (Å²) < 4.78 is 38.2. The van der Waals surface area contributed by atoms with Gasteiger partial charge in [0.2, 0.25) is 0 Å². The van der Waals surface area contributed by atoms with Crippen molar-refractivity contribution in [3.63, 3.8) is 0 Å². The van der Waals surface area contributed by atoms with Crippen LogP contribution < -0.4 is 11.1 Å².